The number of allylic oxidation sites excluding steroid dienone is 1. The minimum atomic E-state index is 0.828. The van der Waals surface area contributed by atoms with E-state index >= 15 is 0 Å². The molecule has 1 saturated heterocycles. The normalized spacial score (nSPS) is 15.4. The smallest absolute Gasteiger partial charge is 0.225 e. The number of methoxy groups -OCH3 is 1. The lowest BCUT2D eigenvalue weighted by molar-refractivity contribution is 0.244. The van der Waals surface area contributed by atoms with Crippen LogP contribution in [0.5, 0.6) is 5.75 Å². The monoisotopic (exact) mass is 380 g/mol. The highest BCUT2D eigenvalue weighted by Gasteiger charge is 2.21. The summed E-state index contributed by atoms with van der Waals surface area (Å²) >= 11 is 0. The Balaban J connectivity index is 1.77. The van der Waals surface area contributed by atoms with Crippen molar-refractivity contribution in [2.24, 2.45) is 0 Å². The number of piperazine rings is 1. The van der Waals surface area contributed by atoms with E-state index in [0.717, 1.165) is 57.3 Å². The van der Waals surface area contributed by atoms with Crippen molar-refractivity contribution in [3.8, 4) is 5.75 Å². The number of hydrogen-bond acceptors (Lipinski definition) is 5. The Morgan fingerprint density at radius 1 is 1.11 bits per heavy atom. The molecule has 0 N–H and O–H groups in total. The maximum Gasteiger partial charge on any atom is 0.225 e. The van der Waals surface area contributed by atoms with Gasteiger partial charge in [0.05, 0.1) is 7.11 Å². The van der Waals surface area contributed by atoms with Crippen LogP contribution in [0, 0.1) is 13.8 Å². The number of unbranched alkanes of at least 4 members (excludes halogenated alkanes) is 1. The second kappa shape index (κ2) is 9.69. The van der Waals surface area contributed by atoms with Crippen LogP contribution in [-0.4, -0.2) is 48.2 Å². The zero-order valence-corrected chi connectivity index (χ0v) is 17.6. The molecule has 1 fully saturated rings. The molecule has 0 amide bonds. The first kappa shape index (κ1) is 20.3. The minimum absolute atomic E-state index is 0.828. The SMILES string of the molecule is CCC/C=C\c1c(C)c(C)cc(OC)c1CN1CCN(c2ncccn2)CC1. The zero-order valence-electron chi connectivity index (χ0n) is 17.6. The van der Waals surface area contributed by atoms with Crippen LogP contribution >= 0.6 is 0 Å². The highest BCUT2D eigenvalue weighted by molar-refractivity contribution is 5.64. The van der Waals surface area contributed by atoms with Crippen LogP contribution in [0.1, 0.15) is 42.0 Å². The number of aromatic nitrogens is 2. The molecule has 0 radical (unpaired) electrons. The largest absolute Gasteiger partial charge is 0.496 e. The van der Waals surface area contributed by atoms with Gasteiger partial charge in [-0.05, 0) is 49.1 Å². The maximum atomic E-state index is 5.77. The van der Waals surface area contributed by atoms with Gasteiger partial charge < -0.3 is 9.64 Å². The predicted molar refractivity (Wildman–Crippen MR) is 116 cm³/mol. The van der Waals surface area contributed by atoms with E-state index in [2.05, 4.69) is 58.8 Å². The van der Waals surface area contributed by atoms with Crippen molar-refractivity contribution < 1.29 is 4.74 Å². The van der Waals surface area contributed by atoms with Crippen molar-refractivity contribution in [2.75, 3.05) is 38.2 Å². The Morgan fingerprint density at radius 2 is 1.82 bits per heavy atom. The fraction of sp³-hybridized carbons (Fsp3) is 0.478. The molecule has 1 aliphatic heterocycles. The number of ether oxygens (including phenoxy) is 1. The summed E-state index contributed by atoms with van der Waals surface area (Å²) in [5, 5.41) is 0. The standard InChI is InChI=1S/C23H32N4O/c1-5-6-7-9-20-19(3)18(2)16-22(28-4)21(20)17-26-12-14-27(15-13-26)23-24-10-8-11-25-23/h7-11,16H,5-6,12-15,17H2,1-4H3/b9-7-. The molecule has 0 bridgehead atoms. The van der Waals surface area contributed by atoms with Crippen LogP contribution in [0.4, 0.5) is 5.95 Å². The Bertz CT molecular complexity index is 796. The van der Waals surface area contributed by atoms with Gasteiger partial charge in [-0.1, -0.05) is 25.5 Å². The third-order valence-corrected chi connectivity index (χ3v) is 5.51. The quantitative estimate of drug-likeness (QED) is 0.719. The molecule has 28 heavy (non-hydrogen) atoms. The van der Waals surface area contributed by atoms with Gasteiger partial charge in [-0.3, -0.25) is 4.90 Å². The van der Waals surface area contributed by atoms with E-state index in [-0.39, 0.29) is 0 Å². The molecule has 3 rings (SSSR count). The first-order valence-electron chi connectivity index (χ1n) is 10.2. The number of aryl methyl sites for hydroxylation is 1. The van der Waals surface area contributed by atoms with Crippen molar-refractivity contribution in [3.63, 3.8) is 0 Å². The van der Waals surface area contributed by atoms with E-state index in [0.29, 0.717) is 0 Å². The lowest BCUT2D eigenvalue weighted by Gasteiger charge is -2.35. The van der Waals surface area contributed by atoms with Gasteiger partial charge in [-0.15, -0.1) is 0 Å². The number of benzene rings is 1. The van der Waals surface area contributed by atoms with Gasteiger partial charge in [-0.25, -0.2) is 9.97 Å². The molecule has 150 valence electrons. The van der Waals surface area contributed by atoms with Crippen molar-refractivity contribution in [2.45, 2.75) is 40.2 Å². The Hall–Kier alpha value is -2.40. The predicted octanol–water partition coefficient (Wildman–Crippen LogP) is 4.24. The van der Waals surface area contributed by atoms with E-state index < -0.39 is 0 Å². The fourth-order valence-electron chi connectivity index (χ4n) is 3.69. The van der Waals surface area contributed by atoms with Crippen LogP contribution in [0.3, 0.4) is 0 Å². The third kappa shape index (κ3) is 4.71. The summed E-state index contributed by atoms with van der Waals surface area (Å²) in [5.74, 6) is 1.82. The molecule has 0 unspecified atom stereocenters. The average molecular weight is 381 g/mol. The number of anilines is 1. The fourth-order valence-corrected chi connectivity index (χ4v) is 3.69. The summed E-state index contributed by atoms with van der Waals surface area (Å²) in [5.41, 5.74) is 5.24. The summed E-state index contributed by atoms with van der Waals surface area (Å²) < 4.78 is 5.77. The van der Waals surface area contributed by atoms with Crippen LogP contribution in [0.25, 0.3) is 6.08 Å². The first-order valence-corrected chi connectivity index (χ1v) is 10.2. The number of nitrogens with zero attached hydrogens (tertiary/aromatic N) is 4. The van der Waals surface area contributed by atoms with Gasteiger partial charge in [0.25, 0.3) is 0 Å². The second-order valence-corrected chi connectivity index (χ2v) is 7.42. The Kier molecular flexibility index (Phi) is 7.04. The first-order chi connectivity index (χ1) is 13.6. The summed E-state index contributed by atoms with van der Waals surface area (Å²) in [6.07, 6.45) is 10.5. The molecule has 0 aliphatic carbocycles. The Labute approximate surface area is 169 Å². The van der Waals surface area contributed by atoms with Crippen molar-refractivity contribution >= 4 is 12.0 Å². The molecule has 1 aromatic heterocycles. The molecule has 0 spiro atoms. The number of hydrogen-bond donors (Lipinski definition) is 0. The van der Waals surface area contributed by atoms with E-state index in [4.69, 9.17) is 4.74 Å². The van der Waals surface area contributed by atoms with Crippen LogP contribution in [0.2, 0.25) is 0 Å². The maximum absolute atomic E-state index is 5.77. The molecule has 0 saturated carbocycles. The van der Waals surface area contributed by atoms with Crippen molar-refractivity contribution in [1.29, 1.82) is 0 Å². The van der Waals surface area contributed by atoms with E-state index in [1.165, 1.54) is 22.3 Å². The van der Waals surface area contributed by atoms with E-state index in [9.17, 15) is 0 Å². The topological polar surface area (TPSA) is 41.5 Å². The highest BCUT2D eigenvalue weighted by Crippen LogP contribution is 2.31. The summed E-state index contributed by atoms with van der Waals surface area (Å²) in [6.45, 7) is 11.4. The van der Waals surface area contributed by atoms with Crippen molar-refractivity contribution in [3.05, 3.63) is 52.9 Å². The lowest BCUT2D eigenvalue weighted by Crippen LogP contribution is -2.46. The summed E-state index contributed by atoms with van der Waals surface area (Å²) in [6, 6.07) is 4.04. The molecule has 2 aromatic rings. The highest BCUT2D eigenvalue weighted by atomic mass is 16.5. The van der Waals surface area contributed by atoms with Crippen LogP contribution in [0.15, 0.2) is 30.6 Å². The summed E-state index contributed by atoms with van der Waals surface area (Å²) in [7, 11) is 1.78. The molecular weight excluding hydrogens is 348 g/mol. The second-order valence-electron chi connectivity index (χ2n) is 7.42. The molecule has 1 aliphatic rings. The number of rotatable bonds is 7. The van der Waals surface area contributed by atoms with Gasteiger partial charge >= 0.3 is 0 Å². The molecule has 0 atom stereocenters. The van der Waals surface area contributed by atoms with Crippen molar-refractivity contribution in [1.82, 2.24) is 14.9 Å². The molecule has 5 nitrogen and oxygen atoms in total. The molecule has 1 aromatic carbocycles. The van der Waals surface area contributed by atoms with Gasteiger partial charge in [0.2, 0.25) is 5.95 Å². The van der Waals surface area contributed by atoms with Gasteiger partial charge in [-0.2, -0.15) is 0 Å². The van der Waals surface area contributed by atoms with Crippen LogP contribution in [-0.2, 0) is 6.54 Å². The van der Waals surface area contributed by atoms with Gasteiger partial charge in [0, 0.05) is 50.7 Å². The third-order valence-electron chi connectivity index (χ3n) is 5.51. The van der Waals surface area contributed by atoms with Crippen LogP contribution < -0.4 is 9.64 Å². The zero-order chi connectivity index (χ0) is 19.9. The minimum Gasteiger partial charge on any atom is -0.496 e. The van der Waals surface area contributed by atoms with Gasteiger partial charge in [0.15, 0.2) is 0 Å². The lowest BCUT2D eigenvalue weighted by atomic mass is 9.95. The van der Waals surface area contributed by atoms with E-state index in [1.807, 2.05) is 18.5 Å². The summed E-state index contributed by atoms with van der Waals surface area (Å²) in [4.78, 5) is 13.5. The molecular formula is C23H32N4O. The van der Waals surface area contributed by atoms with Gasteiger partial charge in [0.1, 0.15) is 5.75 Å². The average Bonchev–Trinajstić information content (AvgIpc) is 2.74. The Morgan fingerprint density at radius 3 is 2.46 bits per heavy atom. The molecule has 2 heterocycles. The van der Waals surface area contributed by atoms with E-state index in [1.54, 1.807) is 7.11 Å². The molecule has 5 heteroatoms.